The number of amides is 1. The average molecular weight is 389 g/mol. The molecule has 0 aliphatic carbocycles. The molecule has 0 aromatic carbocycles. The number of ether oxygens (including phenoxy) is 1. The van der Waals surface area contributed by atoms with E-state index < -0.39 is 0 Å². The summed E-state index contributed by atoms with van der Waals surface area (Å²) in [7, 11) is 1.60. The maximum absolute atomic E-state index is 11.9. The van der Waals surface area contributed by atoms with Gasteiger partial charge in [-0.1, -0.05) is 17.7 Å². The number of aromatic nitrogens is 2. The van der Waals surface area contributed by atoms with E-state index in [1.807, 2.05) is 25.1 Å². The summed E-state index contributed by atoms with van der Waals surface area (Å²) in [5.74, 6) is 0.941. The first-order valence-corrected chi connectivity index (χ1v) is 9.57. The Balaban J connectivity index is 1.66. The molecule has 27 heavy (non-hydrogen) atoms. The zero-order chi connectivity index (χ0) is 19.2. The smallest absolute Gasteiger partial charge is 0.222 e. The quantitative estimate of drug-likeness (QED) is 0.822. The van der Waals surface area contributed by atoms with Crippen LogP contribution in [0.25, 0.3) is 11.3 Å². The molecule has 2 aromatic heterocycles. The standard InChI is InChI=1S/C20H25ClN4O2/c1-14-4-3-8-22-20(14)16-12-18(23-13-17(16)21)25-9-5-15(6-10-25)24-19(26)7-11-27-2/h3-4,8,12-13,15H,5-7,9-11H2,1-2H3,(H,24,26). The highest BCUT2D eigenvalue weighted by Crippen LogP contribution is 2.31. The van der Waals surface area contributed by atoms with Gasteiger partial charge < -0.3 is 15.0 Å². The summed E-state index contributed by atoms with van der Waals surface area (Å²) in [5, 5.41) is 3.68. The predicted molar refractivity (Wildman–Crippen MR) is 107 cm³/mol. The summed E-state index contributed by atoms with van der Waals surface area (Å²) >= 11 is 6.39. The Morgan fingerprint density at radius 3 is 2.85 bits per heavy atom. The fourth-order valence-electron chi connectivity index (χ4n) is 3.30. The summed E-state index contributed by atoms with van der Waals surface area (Å²) in [6.45, 7) is 4.15. The number of hydrogen-bond donors (Lipinski definition) is 1. The summed E-state index contributed by atoms with van der Waals surface area (Å²) < 4.78 is 4.95. The van der Waals surface area contributed by atoms with Crippen molar-refractivity contribution in [3.8, 4) is 11.3 Å². The zero-order valence-corrected chi connectivity index (χ0v) is 16.5. The molecule has 7 heteroatoms. The second kappa shape index (κ2) is 9.15. The van der Waals surface area contributed by atoms with Crippen LogP contribution in [-0.4, -0.2) is 48.7 Å². The Kier molecular flexibility index (Phi) is 6.63. The molecule has 0 unspecified atom stereocenters. The van der Waals surface area contributed by atoms with E-state index in [-0.39, 0.29) is 11.9 Å². The number of hydrogen-bond acceptors (Lipinski definition) is 5. The Labute approximate surface area is 164 Å². The lowest BCUT2D eigenvalue weighted by Gasteiger charge is -2.33. The lowest BCUT2D eigenvalue weighted by molar-refractivity contribution is -0.122. The number of carbonyl (C=O) groups is 1. The van der Waals surface area contributed by atoms with Gasteiger partial charge in [0.15, 0.2) is 0 Å². The van der Waals surface area contributed by atoms with Gasteiger partial charge in [-0.25, -0.2) is 4.98 Å². The average Bonchev–Trinajstić information content (AvgIpc) is 2.68. The van der Waals surface area contributed by atoms with Crippen LogP contribution in [0.5, 0.6) is 0 Å². The molecule has 1 saturated heterocycles. The monoisotopic (exact) mass is 388 g/mol. The summed E-state index contributed by atoms with van der Waals surface area (Å²) in [5.41, 5.74) is 2.86. The summed E-state index contributed by atoms with van der Waals surface area (Å²) in [6.07, 6.45) is 5.65. The molecule has 0 spiro atoms. The third-order valence-corrected chi connectivity index (χ3v) is 5.12. The van der Waals surface area contributed by atoms with E-state index in [1.54, 1.807) is 19.5 Å². The van der Waals surface area contributed by atoms with E-state index in [0.29, 0.717) is 18.1 Å². The molecule has 6 nitrogen and oxygen atoms in total. The fourth-order valence-corrected chi connectivity index (χ4v) is 3.49. The predicted octanol–water partition coefficient (Wildman–Crippen LogP) is 3.23. The van der Waals surface area contributed by atoms with Crippen LogP contribution in [0.15, 0.2) is 30.6 Å². The van der Waals surface area contributed by atoms with Crippen molar-refractivity contribution in [3.05, 3.63) is 41.2 Å². The van der Waals surface area contributed by atoms with Crippen molar-refractivity contribution >= 4 is 23.3 Å². The highest BCUT2D eigenvalue weighted by atomic mass is 35.5. The van der Waals surface area contributed by atoms with Crippen LogP contribution >= 0.6 is 11.6 Å². The van der Waals surface area contributed by atoms with Crippen LogP contribution < -0.4 is 10.2 Å². The third-order valence-electron chi connectivity index (χ3n) is 4.82. The number of carbonyl (C=O) groups excluding carboxylic acids is 1. The van der Waals surface area contributed by atoms with E-state index in [9.17, 15) is 4.79 Å². The van der Waals surface area contributed by atoms with Gasteiger partial charge in [-0.2, -0.15) is 0 Å². The fraction of sp³-hybridized carbons (Fsp3) is 0.450. The van der Waals surface area contributed by atoms with Gasteiger partial charge in [0.1, 0.15) is 5.82 Å². The van der Waals surface area contributed by atoms with E-state index in [4.69, 9.17) is 16.3 Å². The highest BCUT2D eigenvalue weighted by molar-refractivity contribution is 6.33. The molecule has 2 aromatic rings. The van der Waals surface area contributed by atoms with Crippen LogP contribution in [0.2, 0.25) is 5.02 Å². The number of rotatable bonds is 6. The number of pyridine rings is 2. The zero-order valence-electron chi connectivity index (χ0n) is 15.7. The van der Waals surface area contributed by atoms with Crippen molar-refractivity contribution in [2.75, 3.05) is 31.7 Å². The van der Waals surface area contributed by atoms with Gasteiger partial charge in [0.05, 0.1) is 17.3 Å². The SMILES string of the molecule is COCCC(=O)NC1CCN(c2cc(-c3ncccc3C)c(Cl)cn2)CC1. The van der Waals surface area contributed by atoms with Gasteiger partial charge in [-0.15, -0.1) is 0 Å². The van der Waals surface area contributed by atoms with Crippen LogP contribution in [0.3, 0.4) is 0 Å². The number of piperidine rings is 1. The molecule has 3 heterocycles. The molecule has 3 rings (SSSR count). The van der Waals surface area contributed by atoms with Crippen LogP contribution in [0.1, 0.15) is 24.8 Å². The molecule has 1 aliphatic heterocycles. The summed E-state index contributed by atoms with van der Waals surface area (Å²) in [4.78, 5) is 23.1. The molecule has 1 amide bonds. The van der Waals surface area contributed by atoms with E-state index >= 15 is 0 Å². The summed E-state index contributed by atoms with van der Waals surface area (Å²) in [6, 6.07) is 6.15. The molecule has 1 fully saturated rings. The van der Waals surface area contributed by atoms with E-state index in [2.05, 4.69) is 20.2 Å². The lowest BCUT2D eigenvalue weighted by atomic mass is 10.0. The van der Waals surface area contributed by atoms with Gasteiger partial charge >= 0.3 is 0 Å². The topological polar surface area (TPSA) is 67.3 Å². The first-order chi connectivity index (χ1) is 13.1. The van der Waals surface area contributed by atoms with Gasteiger partial charge in [-0.05, 0) is 37.5 Å². The van der Waals surface area contributed by atoms with Gasteiger partial charge in [0, 0.05) is 50.6 Å². The number of anilines is 1. The van der Waals surface area contributed by atoms with E-state index in [0.717, 1.165) is 48.6 Å². The second-order valence-electron chi connectivity index (χ2n) is 6.76. The highest BCUT2D eigenvalue weighted by Gasteiger charge is 2.22. The van der Waals surface area contributed by atoms with Crippen molar-refractivity contribution < 1.29 is 9.53 Å². The second-order valence-corrected chi connectivity index (χ2v) is 7.17. The number of nitrogens with one attached hydrogen (secondary N) is 1. The molecule has 0 saturated carbocycles. The molecule has 144 valence electrons. The normalized spacial score (nSPS) is 15.0. The molecule has 0 radical (unpaired) electrons. The van der Waals surface area contributed by atoms with Crippen molar-refractivity contribution in [2.45, 2.75) is 32.2 Å². The number of halogens is 1. The molecular formula is C20H25ClN4O2. The first kappa shape index (κ1) is 19.6. The minimum atomic E-state index is 0.0489. The minimum absolute atomic E-state index is 0.0489. The molecular weight excluding hydrogens is 364 g/mol. The maximum Gasteiger partial charge on any atom is 0.222 e. The Morgan fingerprint density at radius 1 is 1.37 bits per heavy atom. The molecule has 0 atom stereocenters. The van der Waals surface area contributed by atoms with Gasteiger partial charge in [0.2, 0.25) is 5.91 Å². The Hall–Kier alpha value is -2.18. The Bertz CT molecular complexity index is 791. The maximum atomic E-state index is 11.9. The molecule has 0 bridgehead atoms. The van der Waals surface area contributed by atoms with Gasteiger partial charge in [0.25, 0.3) is 0 Å². The van der Waals surface area contributed by atoms with Crippen molar-refractivity contribution in [1.82, 2.24) is 15.3 Å². The van der Waals surface area contributed by atoms with Crippen molar-refractivity contribution in [2.24, 2.45) is 0 Å². The van der Waals surface area contributed by atoms with Crippen molar-refractivity contribution in [3.63, 3.8) is 0 Å². The minimum Gasteiger partial charge on any atom is -0.384 e. The van der Waals surface area contributed by atoms with Crippen LogP contribution in [0.4, 0.5) is 5.82 Å². The third kappa shape index (κ3) is 4.96. The number of methoxy groups -OCH3 is 1. The van der Waals surface area contributed by atoms with Crippen molar-refractivity contribution in [1.29, 1.82) is 0 Å². The lowest BCUT2D eigenvalue weighted by Crippen LogP contribution is -2.45. The first-order valence-electron chi connectivity index (χ1n) is 9.19. The largest absolute Gasteiger partial charge is 0.384 e. The van der Waals surface area contributed by atoms with Crippen LogP contribution in [-0.2, 0) is 9.53 Å². The van der Waals surface area contributed by atoms with E-state index in [1.165, 1.54) is 0 Å². The number of nitrogens with zero attached hydrogens (tertiary/aromatic N) is 3. The molecule has 1 aliphatic rings. The molecule has 1 N–H and O–H groups in total. The Morgan fingerprint density at radius 2 is 2.15 bits per heavy atom. The number of aryl methyl sites for hydroxylation is 1. The van der Waals surface area contributed by atoms with Crippen LogP contribution in [0, 0.1) is 6.92 Å². The van der Waals surface area contributed by atoms with Gasteiger partial charge in [-0.3, -0.25) is 9.78 Å².